The van der Waals surface area contributed by atoms with Crippen molar-refractivity contribution in [3.05, 3.63) is 34.9 Å². The smallest absolute Gasteiger partial charge is 0.349 e. The van der Waals surface area contributed by atoms with Gasteiger partial charge in [0.15, 0.2) is 0 Å². The van der Waals surface area contributed by atoms with Crippen molar-refractivity contribution in [2.75, 3.05) is 0 Å². The third-order valence-corrected chi connectivity index (χ3v) is 2.45. The molecule has 1 aromatic carbocycles. The number of aliphatic carboxylic acids is 1. The molecule has 0 bridgehead atoms. The van der Waals surface area contributed by atoms with Gasteiger partial charge in [0.1, 0.15) is 5.71 Å². The molecule has 0 aliphatic carbocycles. The van der Waals surface area contributed by atoms with Gasteiger partial charge in [-0.3, -0.25) is 5.41 Å². The summed E-state index contributed by atoms with van der Waals surface area (Å²) >= 11 is 5.74. The number of carbonyl (C=O) groups is 1. The van der Waals surface area contributed by atoms with Crippen molar-refractivity contribution in [1.29, 1.82) is 5.41 Å². The van der Waals surface area contributed by atoms with E-state index in [0.717, 1.165) is 5.56 Å². The van der Waals surface area contributed by atoms with Crippen LogP contribution in [0.4, 0.5) is 0 Å². The van der Waals surface area contributed by atoms with E-state index in [4.69, 9.17) is 26.9 Å². The molecule has 1 rings (SSSR count). The van der Waals surface area contributed by atoms with Crippen molar-refractivity contribution >= 4 is 23.3 Å². The Hall–Kier alpha value is -1.39. The summed E-state index contributed by atoms with van der Waals surface area (Å²) < 4.78 is 5.44. The van der Waals surface area contributed by atoms with E-state index in [-0.39, 0.29) is 18.2 Å². The van der Waals surface area contributed by atoms with Crippen LogP contribution in [-0.2, 0) is 16.1 Å². The van der Waals surface area contributed by atoms with E-state index in [2.05, 4.69) is 0 Å². The summed E-state index contributed by atoms with van der Waals surface area (Å²) in [6.45, 7) is 2.12. The minimum atomic E-state index is -1.20. The molecule has 1 atom stereocenters. The zero-order chi connectivity index (χ0) is 12.8. The van der Waals surface area contributed by atoms with Crippen molar-refractivity contribution in [2.24, 2.45) is 0 Å². The van der Waals surface area contributed by atoms with Gasteiger partial charge in [0.2, 0.25) is 0 Å². The Morgan fingerprint density at radius 2 is 2.06 bits per heavy atom. The Kier molecular flexibility index (Phi) is 5.12. The molecule has 2 N–H and O–H groups in total. The van der Waals surface area contributed by atoms with Gasteiger partial charge in [-0.05, 0) is 24.6 Å². The van der Waals surface area contributed by atoms with Crippen LogP contribution in [0.25, 0.3) is 0 Å². The third-order valence-electron chi connectivity index (χ3n) is 2.20. The third kappa shape index (κ3) is 4.97. The predicted molar refractivity (Wildman–Crippen MR) is 65.7 cm³/mol. The van der Waals surface area contributed by atoms with E-state index in [1.807, 2.05) is 12.1 Å². The number of benzene rings is 1. The van der Waals surface area contributed by atoms with E-state index in [1.54, 1.807) is 19.1 Å². The average molecular weight is 256 g/mol. The second-order valence-electron chi connectivity index (χ2n) is 3.74. The van der Waals surface area contributed by atoms with Gasteiger partial charge in [-0.25, -0.2) is 4.79 Å². The van der Waals surface area contributed by atoms with Gasteiger partial charge >= 0.3 is 5.97 Å². The molecule has 0 heterocycles. The number of rotatable bonds is 6. The maximum Gasteiger partial charge on any atom is 0.349 e. The van der Waals surface area contributed by atoms with E-state index >= 15 is 0 Å². The first-order valence-corrected chi connectivity index (χ1v) is 5.53. The summed E-state index contributed by atoms with van der Waals surface area (Å²) in [5.74, 6) is -1.20. The van der Waals surface area contributed by atoms with Crippen molar-refractivity contribution < 1.29 is 14.6 Å². The van der Waals surface area contributed by atoms with E-state index in [1.165, 1.54) is 0 Å². The average Bonchev–Trinajstić information content (AvgIpc) is 2.28. The fourth-order valence-electron chi connectivity index (χ4n) is 1.25. The van der Waals surface area contributed by atoms with Crippen LogP contribution in [0, 0.1) is 5.41 Å². The molecule has 4 nitrogen and oxygen atoms in total. The fourth-order valence-corrected chi connectivity index (χ4v) is 1.38. The van der Waals surface area contributed by atoms with E-state index in [9.17, 15) is 4.79 Å². The number of carboxylic acid groups (broad SMARTS) is 1. The van der Waals surface area contributed by atoms with Crippen LogP contribution in [0.3, 0.4) is 0 Å². The van der Waals surface area contributed by atoms with Crippen LogP contribution in [0.2, 0.25) is 5.02 Å². The number of halogens is 1. The van der Waals surface area contributed by atoms with Gasteiger partial charge in [-0.15, -0.1) is 0 Å². The molecule has 0 spiro atoms. The second-order valence-corrected chi connectivity index (χ2v) is 4.17. The minimum absolute atomic E-state index is 0.100. The summed E-state index contributed by atoms with van der Waals surface area (Å²) in [6, 6.07) is 7.23. The lowest BCUT2D eigenvalue weighted by molar-refractivity contribution is -0.129. The standard InChI is InChI=1S/C12H14ClNO3/c1-8(6-11(14)12(15)16)17-7-9-2-4-10(13)5-3-9/h2-5,8,14H,6-7H2,1H3,(H,15,16). The predicted octanol–water partition coefficient (Wildman–Crippen LogP) is 2.74. The van der Waals surface area contributed by atoms with Crippen LogP contribution in [0.5, 0.6) is 0 Å². The lowest BCUT2D eigenvalue weighted by Gasteiger charge is -2.12. The molecule has 0 radical (unpaired) electrons. The molecule has 0 saturated carbocycles. The van der Waals surface area contributed by atoms with Gasteiger partial charge in [0.05, 0.1) is 12.7 Å². The van der Waals surface area contributed by atoms with Gasteiger partial charge in [-0.1, -0.05) is 23.7 Å². The maximum atomic E-state index is 10.5. The first-order chi connectivity index (χ1) is 7.99. The Labute approximate surface area is 105 Å². The molecule has 0 aromatic heterocycles. The van der Waals surface area contributed by atoms with Crippen LogP contribution in [0.1, 0.15) is 18.9 Å². The Bertz CT molecular complexity index is 403. The van der Waals surface area contributed by atoms with E-state index < -0.39 is 5.97 Å². The zero-order valence-electron chi connectivity index (χ0n) is 9.44. The summed E-state index contributed by atoms with van der Waals surface area (Å²) in [5.41, 5.74) is 0.622. The number of hydrogen-bond acceptors (Lipinski definition) is 3. The zero-order valence-corrected chi connectivity index (χ0v) is 10.2. The highest BCUT2D eigenvalue weighted by molar-refractivity contribution is 6.34. The maximum absolute atomic E-state index is 10.5. The summed E-state index contributed by atoms with van der Waals surface area (Å²) in [6.07, 6.45) is -0.197. The molecule has 17 heavy (non-hydrogen) atoms. The summed E-state index contributed by atoms with van der Waals surface area (Å²) in [5, 5.41) is 16.4. The molecule has 0 fully saturated rings. The number of ether oxygens (including phenoxy) is 1. The summed E-state index contributed by atoms with van der Waals surface area (Å²) in [7, 11) is 0. The molecule has 1 aromatic rings. The lowest BCUT2D eigenvalue weighted by Crippen LogP contribution is -2.19. The highest BCUT2D eigenvalue weighted by atomic mass is 35.5. The first kappa shape index (κ1) is 13.7. The van der Waals surface area contributed by atoms with E-state index in [0.29, 0.717) is 11.6 Å². The molecule has 92 valence electrons. The molecular weight excluding hydrogens is 242 g/mol. The molecule has 0 aliphatic heterocycles. The SMILES string of the molecule is CC(CC(=N)C(=O)O)OCc1ccc(Cl)cc1. The van der Waals surface area contributed by atoms with Crippen LogP contribution >= 0.6 is 11.6 Å². The monoisotopic (exact) mass is 255 g/mol. The van der Waals surface area contributed by atoms with Crippen molar-refractivity contribution in [3.63, 3.8) is 0 Å². The first-order valence-electron chi connectivity index (χ1n) is 5.16. The van der Waals surface area contributed by atoms with Crippen LogP contribution in [0.15, 0.2) is 24.3 Å². The Balaban J connectivity index is 2.38. The highest BCUT2D eigenvalue weighted by Crippen LogP contribution is 2.11. The number of carboxylic acids is 1. The number of hydrogen-bond donors (Lipinski definition) is 2. The highest BCUT2D eigenvalue weighted by Gasteiger charge is 2.12. The number of nitrogens with one attached hydrogen (secondary N) is 1. The molecule has 0 aliphatic rings. The second kappa shape index (κ2) is 6.37. The van der Waals surface area contributed by atoms with Gasteiger partial charge in [0, 0.05) is 11.4 Å². The molecular formula is C12H14ClNO3. The van der Waals surface area contributed by atoms with Crippen LogP contribution in [-0.4, -0.2) is 22.9 Å². The molecule has 1 unspecified atom stereocenters. The molecule has 0 amide bonds. The normalized spacial score (nSPS) is 12.1. The quantitative estimate of drug-likeness (QED) is 0.768. The largest absolute Gasteiger partial charge is 0.477 e. The van der Waals surface area contributed by atoms with Gasteiger partial charge < -0.3 is 9.84 Å². The summed E-state index contributed by atoms with van der Waals surface area (Å²) in [4.78, 5) is 10.5. The topological polar surface area (TPSA) is 70.4 Å². The van der Waals surface area contributed by atoms with Gasteiger partial charge in [0.25, 0.3) is 0 Å². The molecule has 0 saturated heterocycles. The Morgan fingerprint density at radius 1 is 1.47 bits per heavy atom. The minimum Gasteiger partial charge on any atom is -0.477 e. The fraction of sp³-hybridized carbons (Fsp3) is 0.333. The van der Waals surface area contributed by atoms with Crippen molar-refractivity contribution in [2.45, 2.75) is 26.1 Å². The van der Waals surface area contributed by atoms with Crippen molar-refractivity contribution in [3.8, 4) is 0 Å². The lowest BCUT2D eigenvalue weighted by atomic mass is 10.2. The Morgan fingerprint density at radius 3 is 2.59 bits per heavy atom. The van der Waals surface area contributed by atoms with Gasteiger partial charge in [-0.2, -0.15) is 0 Å². The van der Waals surface area contributed by atoms with Crippen LogP contribution < -0.4 is 0 Å². The van der Waals surface area contributed by atoms with Crippen molar-refractivity contribution in [1.82, 2.24) is 0 Å². The molecule has 5 heteroatoms.